The van der Waals surface area contributed by atoms with Gasteiger partial charge in [-0.25, -0.2) is 9.97 Å². The molecule has 0 spiro atoms. The maximum Gasteiger partial charge on any atom is 0.125 e. The lowest BCUT2D eigenvalue weighted by Crippen LogP contribution is -2.41. The van der Waals surface area contributed by atoms with Gasteiger partial charge in [0.2, 0.25) is 0 Å². The molecule has 0 bridgehead atoms. The zero-order chi connectivity index (χ0) is 19.3. The lowest BCUT2D eigenvalue weighted by molar-refractivity contribution is 0.171. The summed E-state index contributed by atoms with van der Waals surface area (Å²) in [4.78, 5) is 14.3. The molecule has 6 heteroatoms. The Labute approximate surface area is 173 Å². The quantitative estimate of drug-likeness (QED) is 0.434. The van der Waals surface area contributed by atoms with Crippen molar-refractivity contribution in [3.8, 4) is 0 Å². The minimum absolute atomic E-state index is 0.193. The van der Waals surface area contributed by atoms with Crippen LogP contribution in [0, 0.1) is 0 Å². The predicted molar refractivity (Wildman–Crippen MR) is 121 cm³/mol. The monoisotopic (exact) mass is 408 g/mol. The molecule has 3 aromatic heterocycles. The van der Waals surface area contributed by atoms with Crippen LogP contribution in [0.1, 0.15) is 38.0 Å². The second-order valence-electron chi connectivity index (χ2n) is 7.96. The van der Waals surface area contributed by atoms with Crippen molar-refractivity contribution in [1.29, 1.82) is 0 Å². The molecule has 4 heterocycles. The topological polar surface area (TPSA) is 41.0 Å². The molecule has 4 aromatic rings. The number of pyridine rings is 1. The van der Waals surface area contributed by atoms with Gasteiger partial charge in [-0.3, -0.25) is 4.90 Å². The van der Waals surface area contributed by atoms with Crippen LogP contribution in [0.3, 0.4) is 0 Å². The van der Waals surface area contributed by atoms with Crippen LogP contribution in [0.2, 0.25) is 0 Å². The number of anilines is 2. The van der Waals surface area contributed by atoms with E-state index in [0.29, 0.717) is 5.92 Å². The number of thiophene rings is 1. The standard InChI is InChI=1S/C22H24N4S2/c1-4-26-10-8-16(22(26,2)3)20-12-15-17(7-9-23-21(15)28-20)25-14-5-6-19-18(11-14)24-13-27-19/h5-7,9,11-13,16H,4,8,10H2,1-3H3,(H,23,25). The largest absolute Gasteiger partial charge is 0.355 e. The summed E-state index contributed by atoms with van der Waals surface area (Å²) in [6, 6.07) is 10.8. The van der Waals surface area contributed by atoms with Crippen LogP contribution in [-0.2, 0) is 0 Å². The van der Waals surface area contributed by atoms with Crippen molar-refractivity contribution in [2.45, 2.75) is 38.6 Å². The fourth-order valence-electron chi connectivity index (χ4n) is 4.53. The first-order chi connectivity index (χ1) is 13.6. The zero-order valence-electron chi connectivity index (χ0n) is 16.4. The molecule has 144 valence electrons. The SMILES string of the molecule is CCN1CCC(c2cc3c(Nc4ccc5scnc5c4)ccnc3s2)C1(C)C. The molecule has 1 aliphatic rings. The van der Waals surface area contributed by atoms with Crippen molar-refractivity contribution in [3.63, 3.8) is 0 Å². The van der Waals surface area contributed by atoms with E-state index < -0.39 is 0 Å². The van der Waals surface area contributed by atoms with E-state index in [-0.39, 0.29) is 5.54 Å². The summed E-state index contributed by atoms with van der Waals surface area (Å²) in [7, 11) is 0. The highest BCUT2D eigenvalue weighted by molar-refractivity contribution is 7.18. The first kappa shape index (κ1) is 18.0. The van der Waals surface area contributed by atoms with Crippen molar-refractivity contribution in [3.05, 3.63) is 46.9 Å². The Morgan fingerprint density at radius 2 is 2.11 bits per heavy atom. The minimum Gasteiger partial charge on any atom is -0.355 e. The number of likely N-dealkylation sites (N-methyl/N-ethyl adjacent to an activating group) is 1. The van der Waals surface area contributed by atoms with Gasteiger partial charge < -0.3 is 5.32 Å². The summed E-state index contributed by atoms with van der Waals surface area (Å²) in [6.45, 7) is 9.31. The van der Waals surface area contributed by atoms with E-state index in [2.05, 4.69) is 71.3 Å². The number of thiazole rings is 1. The Balaban J connectivity index is 1.51. The van der Waals surface area contributed by atoms with E-state index in [1.54, 1.807) is 11.3 Å². The number of aromatic nitrogens is 2. The third-order valence-corrected chi connectivity index (χ3v) is 8.11. The molecule has 28 heavy (non-hydrogen) atoms. The summed E-state index contributed by atoms with van der Waals surface area (Å²) in [6.07, 6.45) is 3.13. The molecule has 1 saturated heterocycles. The summed E-state index contributed by atoms with van der Waals surface area (Å²) in [5.41, 5.74) is 5.31. The molecule has 0 aliphatic carbocycles. The van der Waals surface area contributed by atoms with Gasteiger partial charge >= 0.3 is 0 Å². The maximum atomic E-state index is 4.66. The molecule has 1 N–H and O–H groups in total. The van der Waals surface area contributed by atoms with Crippen LogP contribution in [0.5, 0.6) is 0 Å². The van der Waals surface area contributed by atoms with Crippen LogP contribution < -0.4 is 5.32 Å². The van der Waals surface area contributed by atoms with E-state index in [9.17, 15) is 0 Å². The summed E-state index contributed by atoms with van der Waals surface area (Å²) in [5, 5.41) is 4.81. The number of rotatable bonds is 4. The zero-order valence-corrected chi connectivity index (χ0v) is 18.0. The summed E-state index contributed by atoms with van der Waals surface area (Å²) >= 11 is 3.52. The van der Waals surface area contributed by atoms with Crippen molar-refractivity contribution in [2.75, 3.05) is 18.4 Å². The second kappa shape index (κ2) is 6.79. The summed E-state index contributed by atoms with van der Waals surface area (Å²) in [5.74, 6) is 0.561. The second-order valence-corrected chi connectivity index (χ2v) is 9.91. The number of hydrogen-bond donors (Lipinski definition) is 1. The normalized spacial score (nSPS) is 19.6. The number of benzene rings is 1. The van der Waals surface area contributed by atoms with Gasteiger partial charge in [-0.05, 0) is 63.7 Å². The number of likely N-dealkylation sites (tertiary alicyclic amines) is 1. The number of nitrogens with one attached hydrogen (secondary N) is 1. The number of hydrogen-bond acceptors (Lipinski definition) is 6. The van der Waals surface area contributed by atoms with Crippen LogP contribution in [0.25, 0.3) is 20.4 Å². The fourth-order valence-corrected chi connectivity index (χ4v) is 6.53. The van der Waals surface area contributed by atoms with Crippen molar-refractivity contribution >= 4 is 54.5 Å². The molecule has 1 aromatic carbocycles. The highest BCUT2D eigenvalue weighted by Gasteiger charge is 2.41. The van der Waals surface area contributed by atoms with Crippen molar-refractivity contribution in [1.82, 2.24) is 14.9 Å². The predicted octanol–water partition coefficient (Wildman–Crippen LogP) is 6.24. The van der Waals surface area contributed by atoms with E-state index in [1.807, 2.05) is 23.0 Å². The van der Waals surface area contributed by atoms with Crippen molar-refractivity contribution < 1.29 is 0 Å². The van der Waals surface area contributed by atoms with E-state index in [0.717, 1.165) is 28.3 Å². The van der Waals surface area contributed by atoms with E-state index in [1.165, 1.54) is 27.9 Å². The molecule has 4 nitrogen and oxygen atoms in total. The Morgan fingerprint density at radius 1 is 1.21 bits per heavy atom. The molecule has 1 aliphatic heterocycles. The van der Waals surface area contributed by atoms with E-state index >= 15 is 0 Å². The average molecular weight is 409 g/mol. The third-order valence-electron chi connectivity index (χ3n) is 6.14. The fraction of sp³-hybridized carbons (Fsp3) is 0.364. The molecule has 0 radical (unpaired) electrons. The van der Waals surface area contributed by atoms with Gasteiger partial charge in [-0.2, -0.15) is 0 Å². The number of nitrogens with zero attached hydrogens (tertiary/aromatic N) is 3. The van der Waals surface area contributed by atoms with Gasteiger partial charge in [0.05, 0.1) is 21.4 Å². The average Bonchev–Trinajstić information content (AvgIpc) is 3.37. The Morgan fingerprint density at radius 3 is 2.93 bits per heavy atom. The Kier molecular flexibility index (Phi) is 4.38. The minimum atomic E-state index is 0.193. The highest BCUT2D eigenvalue weighted by Crippen LogP contribution is 2.46. The van der Waals surface area contributed by atoms with E-state index in [4.69, 9.17) is 0 Å². The lowest BCUT2D eigenvalue weighted by atomic mass is 9.87. The van der Waals surface area contributed by atoms with Gasteiger partial charge in [-0.15, -0.1) is 22.7 Å². The Bertz CT molecular complexity index is 1140. The van der Waals surface area contributed by atoms with Gasteiger partial charge in [-0.1, -0.05) is 6.92 Å². The smallest absolute Gasteiger partial charge is 0.125 e. The van der Waals surface area contributed by atoms with Gasteiger partial charge in [0.15, 0.2) is 0 Å². The molecule has 5 rings (SSSR count). The van der Waals surface area contributed by atoms with Gasteiger partial charge in [0, 0.05) is 33.6 Å². The maximum absolute atomic E-state index is 4.66. The molecular weight excluding hydrogens is 384 g/mol. The molecule has 1 fully saturated rings. The molecule has 1 unspecified atom stereocenters. The molecular formula is C22H24N4S2. The third kappa shape index (κ3) is 2.91. The van der Waals surface area contributed by atoms with Gasteiger partial charge in [0.1, 0.15) is 4.83 Å². The van der Waals surface area contributed by atoms with Gasteiger partial charge in [0.25, 0.3) is 0 Å². The highest BCUT2D eigenvalue weighted by atomic mass is 32.1. The van der Waals surface area contributed by atoms with Crippen LogP contribution in [-0.4, -0.2) is 33.5 Å². The molecule has 1 atom stereocenters. The molecule has 0 amide bonds. The number of fused-ring (bicyclic) bond motifs is 2. The lowest BCUT2D eigenvalue weighted by Gasteiger charge is -2.35. The first-order valence-corrected chi connectivity index (χ1v) is 11.5. The summed E-state index contributed by atoms with van der Waals surface area (Å²) < 4.78 is 1.21. The first-order valence-electron chi connectivity index (χ1n) is 9.80. The van der Waals surface area contributed by atoms with Crippen molar-refractivity contribution in [2.24, 2.45) is 0 Å². The van der Waals surface area contributed by atoms with Crippen LogP contribution in [0.4, 0.5) is 11.4 Å². The molecule has 0 saturated carbocycles. The van der Waals surface area contributed by atoms with Crippen LogP contribution in [0.15, 0.2) is 42.0 Å². The Hall–Kier alpha value is -2.02. The van der Waals surface area contributed by atoms with Crippen LogP contribution >= 0.6 is 22.7 Å².